The first kappa shape index (κ1) is 12.3. The van der Waals surface area contributed by atoms with Crippen LogP contribution < -0.4 is 5.73 Å². The molecule has 1 heterocycles. The molecule has 3 nitrogen and oxygen atoms in total. The summed E-state index contributed by atoms with van der Waals surface area (Å²) < 4.78 is 0. The molecular formula is C13H27N3. The third kappa shape index (κ3) is 2.96. The Balaban J connectivity index is 1.73. The van der Waals surface area contributed by atoms with Crippen molar-refractivity contribution in [3.8, 4) is 0 Å². The molecule has 94 valence electrons. The van der Waals surface area contributed by atoms with Crippen molar-refractivity contribution < 1.29 is 0 Å². The average Bonchev–Trinajstić information content (AvgIpc) is 2.79. The van der Waals surface area contributed by atoms with Gasteiger partial charge in [0.15, 0.2) is 0 Å². The van der Waals surface area contributed by atoms with Gasteiger partial charge in [0, 0.05) is 25.2 Å². The van der Waals surface area contributed by atoms with Crippen LogP contribution in [0.4, 0.5) is 0 Å². The Labute approximate surface area is 100.0 Å². The molecule has 1 saturated carbocycles. The van der Waals surface area contributed by atoms with Gasteiger partial charge in [0.05, 0.1) is 0 Å². The third-order valence-electron chi connectivity index (χ3n) is 4.46. The van der Waals surface area contributed by atoms with Crippen molar-refractivity contribution in [1.82, 2.24) is 9.80 Å². The van der Waals surface area contributed by atoms with Gasteiger partial charge in [-0.3, -0.25) is 0 Å². The maximum Gasteiger partial charge on any atom is 0.0220 e. The van der Waals surface area contributed by atoms with E-state index in [1.165, 1.54) is 51.7 Å². The van der Waals surface area contributed by atoms with Crippen molar-refractivity contribution in [3.05, 3.63) is 0 Å². The van der Waals surface area contributed by atoms with Gasteiger partial charge in [0.25, 0.3) is 0 Å². The molecule has 1 saturated heterocycles. The number of hydrogen-bond donors (Lipinski definition) is 1. The highest BCUT2D eigenvalue weighted by molar-refractivity contribution is 4.84. The summed E-state index contributed by atoms with van der Waals surface area (Å²) in [5.41, 5.74) is 6.13. The van der Waals surface area contributed by atoms with E-state index in [1.54, 1.807) is 0 Å². The molecule has 0 radical (unpaired) electrons. The Morgan fingerprint density at radius 3 is 2.56 bits per heavy atom. The van der Waals surface area contributed by atoms with Crippen LogP contribution in [0.25, 0.3) is 0 Å². The largest absolute Gasteiger partial charge is 0.327 e. The van der Waals surface area contributed by atoms with Gasteiger partial charge < -0.3 is 15.5 Å². The fraction of sp³-hybridized carbons (Fsp3) is 1.00. The minimum absolute atomic E-state index is 0.462. The van der Waals surface area contributed by atoms with Crippen LogP contribution in [0.2, 0.25) is 0 Å². The predicted molar refractivity (Wildman–Crippen MR) is 68.5 cm³/mol. The van der Waals surface area contributed by atoms with Gasteiger partial charge in [-0.2, -0.15) is 0 Å². The zero-order chi connectivity index (χ0) is 11.5. The van der Waals surface area contributed by atoms with Gasteiger partial charge in [-0.25, -0.2) is 0 Å². The summed E-state index contributed by atoms with van der Waals surface area (Å²) in [6.07, 6.45) is 6.66. The number of nitrogens with zero attached hydrogens (tertiary/aromatic N) is 2. The van der Waals surface area contributed by atoms with Crippen LogP contribution in [0, 0.1) is 5.92 Å². The summed E-state index contributed by atoms with van der Waals surface area (Å²) in [6, 6.07) is 1.24. The fourth-order valence-electron chi connectivity index (χ4n) is 3.34. The number of nitrogens with two attached hydrogens (primary N) is 1. The number of likely N-dealkylation sites (N-methyl/N-ethyl adjacent to an activating group) is 2. The van der Waals surface area contributed by atoms with Crippen molar-refractivity contribution in [2.45, 2.75) is 44.2 Å². The Morgan fingerprint density at radius 1 is 1.19 bits per heavy atom. The monoisotopic (exact) mass is 225 g/mol. The van der Waals surface area contributed by atoms with E-state index in [9.17, 15) is 0 Å². The lowest BCUT2D eigenvalue weighted by molar-refractivity contribution is 0.195. The van der Waals surface area contributed by atoms with Crippen LogP contribution in [-0.2, 0) is 0 Å². The molecule has 3 atom stereocenters. The van der Waals surface area contributed by atoms with Gasteiger partial charge >= 0.3 is 0 Å². The summed E-state index contributed by atoms with van der Waals surface area (Å²) in [4.78, 5) is 5.01. The maximum atomic E-state index is 6.13. The third-order valence-corrected chi connectivity index (χ3v) is 4.46. The maximum absolute atomic E-state index is 6.13. The Morgan fingerprint density at radius 2 is 2.00 bits per heavy atom. The van der Waals surface area contributed by atoms with E-state index in [4.69, 9.17) is 5.73 Å². The molecule has 2 aliphatic rings. The molecule has 0 bridgehead atoms. The van der Waals surface area contributed by atoms with Crippen LogP contribution in [0.15, 0.2) is 0 Å². The van der Waals surface area contributed by atoms with E-state index >= 15 is 0 Å². The van der Waals surface area contributed by atoms with Crippen LogP contribution >= 0.6 is 0 Å². The van der Waals surface area contributed by atoms with E-state index in [1.807, 2.05) is 0 Å². The second kappa shape index (κ2) is 5.48. The number of likely N-dealkylation sites (tertiary alicyclic amines) is 1. The van der Waals surface area contributed by atoms with Crippen molar-refractivity contribution >= 4 is 0 Å². The SMILES string of the molecule is CN(CC1CCCC1N)CC1CCCN1C. The van der Waals surface area contributed by atoms with E-state index in [0.717, 1.165) is 12.0 Å². The van der Waals surface area contributed by atoms with Crippen molar-refractivity contribution in [3.63, 3.8) is 0 Å². The molecule has 0 spiro atoms. The average molecular weight is 225 g/mol. The highest BCUT2D eigenvalue weighted by Gasteiger charge is 2.27. The first-order valence-electron chi connectivity index (χ1n) is 6.81. The minimum atomic E-state index is 0.462. The Kier molecular flexibility index (Phi) is 4.22. The molecule has 3 unspecified atom stereocenters. The highest BCUT2D eigenvalue weighted by atomic mass is 15.2. The molecule has 0 aromatic rings. The minimum Gasteiger partial charge on any atom is -0.327 e. The standard InChI is InChI=1S/C13H27N3/c1-15(9-11-5-3-7-13(11)14)10-12-6-4-8-16(12)2/h11-13H,3-10,14H2,1-2H3. The predicted octanol–water partition coefficient (Wildman–Crippen LogP) is 1.14. The quantitative estimate of drug-likeness (QED) is 0.779. The summed E-state index contributed by atoms with van der Waals surface area (Å²) in [5.74, 6) is 0.747. The Hall–Kier alpha value is -0.120. The second-order valence-corrected chi connectivity index (χ2v) is 5.85. The molecule has 1 aliphatic carbocycles. The van der Waals surface area contributed by atoms with E-state index in [0.29, 0.717) is 6.04 Å². The normalized spacial score (nSPS) is 36.4. The zero-order valence-corrected chi connectivity index (χ0v) is 10.9. The van der Waals surface area contributed by atoms with Gasteiger partial charge in [-0.15, -0.1) is 0 Å². The smallest absolute Gasteiger partial charge is 0.0220 e. The topological polar surface area (TPSA) is 32.5 Å². The first-order chi connectivity index (χ1) is 7.66. The van der Waals surface area contributed by atoms with E-state index < -0.39 is 0 Å². The molecule has 1 aliphatic heterocycles. The molecule has 16 heavy (non-hydrogen) atoms. The summed E-state index contributed by atoms with van der Waals surface area (Å²) in [6.45, 7) is 3.70. The van der Waals surface area contributed by atoms with Crippen molar-refractivity contribution in [1.29, 1.82) is 0 Å². The lowest BCUT2D eigenvalue weighted by atomic mass is 10.0. The molecule has 0 aromatic heterocycles. The second-order valence-electron chi connectivity index (χ2n) is 5.85. The summed E-state index contributed by atoms with van der Waals surface area (Å²) in [7, 11) is 4.52. The highest BCUT2D eigenvalue weighted by Crippen LogP contribution is 2.25. The molecule has 0 amide bonds. The molecule has 2 fully saturated rings. The van der Waals surface area contributed by atoms with Gasteiger partial charge in [0.2, 0.25) is 0 Å². The van der Waals surface area contributed by atoms with Crippen LogP contribution in [0.1, 0.15) is 32.1 Å². The van der Waals surface area contributed by atoms with Gasteiger partial charge in [-0.1, -0.05) is 6.42 Å². The zero-order valence-electron chi connectivity index (χ0n) is 10.9. The molecule has 0 aromatic carbocycles. The molecular weight excluding hydrogens is 198 g/mol. The molecule has 2 rings (SSSR count). The van der Waals surface area contributed by atoms with Crippen LogP contribution in [0.5, 0.6) is 0 Å². The van der Waals surface area contributed by atoms with Crippen LogP contribution in [0.3, 0.4) is 0 Å². The number of rotatable bonds is 4. The number of hydrogen-bond acceptors (Lipinski definition) is 3. The fourth-order valence-corrected chi connectivity index (χ4v) is 3.34. The van der Waals surface area contributed by atoms with Crippen LogP contribution in [-0.4, -0.2) is 55.6 Å². The lowest BCUT2D eigenvalue weighted by Crippen LogP contribution is -2.41. The Bertz CT molecular complexity index is 197. The molecule has 3 heteroatoms. The molecule has 2 N–H and O–H groups in total. The summed E-state index contributed by atoms with van der Waals surface area (Å²) in [5, 5.41) is 0. The van der Waals surface area contributed by atoms with E-state index in [2.05, 4.69) is 23.9 Å². The van der Waals surface area contributed by atoms with Gasteiger partial charge in [0.1, 0.15) is 0 Å². The van der Waals surface area contributed by atoms with Gasteiger partial charge in [-0.05, 0) is 52.2 Å². The first-order valence-corrected chi connectivity index (χ1v) is 6.81. The summed E-state index contributed by atoms with van der Waals surface area (Å²) >= 11 is 0. The van der Waals surface area contributed by atoms with E-state index in [-0.39, 0.29) is 0 Å². The lowest BCUT2D eigenvalue weighted by Gasteiger charge is -2.28. The van der Waals surface area contributed by atoms with Crippen molar-refractivity contribution in [2.75, 3.05) is 33.7 Å². The van der Waals surface area contributed by atoms with Crippen molar-refractivity contribution in [2.24, 2.45) is 11.7 Å².